The summed E-state index contributed by atoms with van der Waals surface area (Å²) in [6.07, 6.45) is 2.07. The van der Waals surface area contributed by atoms with E-state index in [0.717, 1.165) is 0 Å². The molecule has 0 aliphatic heterocycles. The fourth-order valence-electron chi connectivity index (χ4n) is 1.15. The van der Waals surface area contributed by atoms with E-state index < -0.39 is 0 Å². The Hall–Kier alpha value is -0.660. The van der Waals surface area contributed by atoms with Gasteiger partial charge in [-0.3, -0.25) is 0 Å². The van der Waals surface area contributed by atoms with Gasteiger partial charge in [0.2, 0.25) is 0 Å². The van der Waals surface area contributed by atoms with E-state index >= 15 is 0 Å². The van der Waals surface area contributed by atoms with Crippen LogP contribution in [0, 0.1) is 5.41 Å². The Labute approximate surface area is 113 Å². The van der Waals surface area contributed by atoms with Crippen molar-refractivity contribution in [3.63, 3.8) is 0 Å². The third-order valence-electron chi connectivity index (χ3n) is 2.71. The molecule has 0 saturated heterocycles. The highest BCUT2D eigenvalue weighted by atomic mass is 35.5. The lowest BCUT2D eigenvalue weighted by Gasteiger charge is -2.19. The number of hydrogen-bond acceptors (Lipinski definition) is 1. The monoisotopic (exact) mass is 272 g/mol. The molecule has 0 spiro atoms. The maximum atomic E-state index is 6.00. The van der Waals surface area contributed by atoms with Gasteiger partial charge in [-0.25, -0.2) is 0 Å². The van der Waals surface area contributed by atoms with Crippen LogP contribution in [0.1, 0.15) is 27.7 Å². The van der Waals surface area contributed by atoms with Crippen molar-refractivity contribution in [3.05, 3.63) is 39.9 Å². The molecule has 1 rings (SSSR count). The third kappa shape index (κ3) is 4.61. The summed E-state index contributed by atoms with van der Waals surface area (Å²) in [5.74, 6) is 0.661. The molecule has 0 amide bonds. The minimum atomic E-state index is 0.174. The van der Waals surface area contributed by atoms with Crippen LogP contribution in [0.15, 0.2) is 29.8 Å². The van der Waals surface area contributed by atoms with Crippen LogP contribution in [-0.4, -0.2) is 6.61 Å². The SMILES string of the molecule is C/C(=C\COc1ccc(Cl)cc1Cl)C(C)(C)C. The summed E-state index contributed by atoms with van der Waals surface area (Å²) in [6.45, 7) is 9.15. The van der Waals surface area contributed by atoms with E-state index in [2.05, 4.69) is 33.8 Å². The lowest BCUT2D eigenvalue weighted by molar-refractivity contribution is 0.358. The highest BCUT2D eigenvalue weighted by Gasteiger charge is 2.11. The first-order chi connectivity index (χ1) is 7.80. The van der Waals surface area contributed by atoms with Crippen LogP contribution in [0.4, 0.5) is 0 Å². The van der Waals surface area contributed by atoms with E-state index in [4.69, 9.17) is 27.9 Å². The summed E-state index contributed by atoms with van der Waals surface area (Å²) in [4.78, 5) is 0. The molecule has 3 heteroatoms. The van der Waals surface area contributed by atoms with Crippen LogP contribution in [0.3, 0.4) is 0 Å². The Morgan fingerprint density at radius 2 is 1.94 bits per heavy atom. The predicted octanol–water partition coefficient (Wildman–Crippen LogP) is 5.36. The largest absolute Gasteiger partial charge is 0.488 e. The number of hydrogen-bond donors (Lipinski definition) is 0. The molecule has 0 aliphatic rings. The highest BCUT2D eigenvalue weighted by Crippen LogP contribution is 2.28. The quantitative estimate of drug-likeness (QED) is 0.673. The molecule has 0 aliphatic carbocycles. The van der Waals surface area contributed by atoms with E-state index in [1.807, 2.05) is 0 Å². The van der Waals surface area contributed by atoms with Crippen LogP contribution in [0.25, 0.3) is 0 Å². The first-order valence-corrected chi connectivity index (χ1v) is 6.31. The number of allylic oxidation sites excluding steroid dienone is 1. The van der Waals surface area contributed by atoms with Gasteiger partial charge in [0.1, 0.15) is 12.4 Å². The van der Waals surface area contributed by atoms with Crippen molar-refractivity contribution in [2.45, 2.75) is 27.7 Å². The molecule has 94 valence electrons. The van der Waals surface area contributed by atoms with Crippen molar-refractivity contribution >= 4 is 23.2 Å². The molecule has 0 heterocycles. The first-order valence-electron chi connectivity index (χ1n) is 5.56. The summed E-state index contributed by atoms with van der Waals surface area (Å²) in [5.41, 5.74) is 1.47. The van der Waals surface area contributed by atoms with Gasteiger partial charge in [0, 0.05) is 5.02 Å². The van der Waals surface area contributed by atoms with Crippen LogP contribution in [0.2, 0.25) is 10.0 Å². The molecule has 0 radical (unpaired) electrons. The molecular weight excluding hydrogens is 255 g/mol. The molecule has 1 nitrogen and oxygen atoms in total. The van der Waals surface area contributed by atoms with E-state index in [0.29, 0.717) is 22.4 Å². The van der Waals surface area contributed by atoms with Crippen molar-refractivity contribution in [1.29, 1.82) is 0 Å². The van der Waals surface area contributed by atoms with Gasteiger partial charge in [-0.15, -0.1) is 0 Å². The molecule has 17 heavy (non-hydrogen) atoms. The zero-order valence-electron chi connectivity index (χ0n) is 10.7. The smallest absolute Gasteiger partial charge is 0.138 e. The Morgan fingerprint density at radius 3 is 2.47 bits per heavy atom. The Morgan fingerprint density at radius 1 is 1.29 bits per heavy atom. The second-order valence-electron chi connectivity index (χ2n) is 5.02. The van der Waals surface area contributed by atoms with Gasteiger partial charge in [-0.2, -0.15) is 0 Å². The normalized spacial score (nSPS) is 12.7. The Kier molecular flexibility index (Phi) is 4.91. The predicted molar refractivity (Wildman–Crippen MR) is 75.2 cm³/mol. The van der Waals surface area contributed by atoms with Crippen LogP contribution < -0.4 is 4.74 Å². The Balaban J connectivity index is 2.63. The summed E-state index contributed by atoms with van der Waals surface area (Å²) in [5, 5.41) is 1.16. The van der Waals surface area contributed by atoms with Gasteiger partial charge < -0.3 is 4.74 Å². The van der Waals surface area contributed by atoms with Gasteiger partial charge in [-0.1, -0.05) is 49.5 Å². The maximum absolute atomic E-state index is 6.00. The molecule has 0 fully saturated rings. The molecule has 0 bridgehead atoms. The van der Waals surface area contributed by atoms with E-state index in [1.54, 1.807) is 18.2 Å². The average molecular weight is 273 g/mol. The number of ether oxygens (including phenoxy) is 1. The summed E-state index contributed by atoms with van der Waals surface area (Å²) >= 11 is 11.8. The molecule has 1 aromatic carbocycles. The highest BCUT2D eigenvalue weighted by molar-refractivity contribution is 6.35. The molecule has 0 unspecified atom stereocenters. The summed E-state index contributed by atoms with van der Waals surface area (Å²) in [7, 11) is 0. The fraction of sp³-hybridized carbons (Fsp3) is 0.429. The maximum Gasteiger partial charge on any atom is 0.138 e. The van der Waals surface area contributed by atoms with Crippen molar-refractivity contribution in [2.24, 2.45) is 5.41 Å². The second kappa shape index (κ2) is 5.79. The van der Waals surface area contributed by atoms with Gasteiger partial charge in [0.15, 0.2) is 0 Å². The van der Waals surface area contributed by atoms with E-state index in [1.165, 1.54) is 5.57 Å². The minimum Gasteiger partial charge on any atom is -0.488 e. The van der Waals surface area contributed by atoms with Gasteiger partial charge >= 0.3 is 0 Å². The first kappa shape index (κ1) is 14.4. The zero-order valence-corrected chi connectivity index (χ0v) is 12.2. The molecule has 0 atom stereocenters. The second-order valence-corrected chi connectivity index (χ2v) is 5.87. The van der Waals surface area contributed by atoms with Crippen LogP contribution in [0.5, 0.6) is 5.75 Å². The van der Waals surface area contributed by atoms with Crippen molar-refractivity contribution in [1.82, 2.24) is 0 Å². The topological polar surface area (TPSA) is 9.23 Å². The van der Waals surface area contributed by atoms with Crippen molar-refractivity contribution < 1.29 is 4.74 Å². The number of benzene rings is 1. The van der Waals surface area contributed by atoms with Crippen LogP contribution >= 0.6 is 23.2 Å². The third-order valence-corrected chi connectivity index (χ3v) is 3.24. The number of rotatable bonds is 3. The van der Waals surface area contributed by atoms with Crippen molar-refractivity contribution in [3.8, 4) is 5.75 Å². The lowest BCUT2D eigenvalue weighted by atomic mass is 9.87. The minimum absolute atomic E-state index is 0.174. The molecule has 0 N–H and O–H groups in total. The molecule has 0 aromatic heterocycles. The average Bonchev–Trinajstić information content (AvgIpc) is 2.19. The molecular formula is C14H18Cl2O. The number of halogens is 2. The van der Waals surface area contributed by atoms with Crippen molar-refractivity contribution in [2.75, 3.05) is 6.61 Å². The van der Waals surface area contributed by atoms with Gasteiger partial charge in [-0.05, 0) is 36.6 Å². The fourth-order valence-corrected chi connectivity index (χ4v) is 1.62. The van der Waals surface area contributed by atoms with Gasteiger partial charge in [0.05, 0.1) is 5.02 Å². The zero-order chi connectivity index (χ0) is 13.1. The summed E-state index contributed by atoms with van der Waals surface area (Å²) in [6, 6.07) is 5.23. The van der Waals surface area contributed by atoms with Crippen LogP contribution in [-0.2, 0) is 0 Å². The van der Waals surface area contributed by atoms with Gasteiger partial charge in [0.25, 0.3) is 0 Å². The summed E-state index contributed by atoms with van der Waals surface area (Å²) < 4.78 is 5.59. The van der Waals surface area contributed by atoms with E-state index in [9.17, 15) is 0 Å². The molecule has 1 aromatic rings. The molecule has 0 saturated carbocycles. The Bertz CT molecular complexity index is 417. The standard InChI is InChI=1S/C14H18Cl2O/c1-10(14(2,3)4)7-8-17-13-6-5-11(15)9-12(13)16/h5-7,9H,8H2,1-4H3/b10-7+. The lowest BCUT2D eigenvalue weighted by Crippen LogP contribution is -2.08. The van der Waals surface area contributed by atoms with E-state index in [-0.39, 0.29) is 5.41 Å².